The first kappa shape index (κ1) is 24.3. The number of halogens is 1. The lowest BCUT2D eigenvalue weighted by Gasteiger charge is -2.01. The Bertz CT molecular complexity index is 112. The molecule has 0 aliphatic heterocycles. The molecule has 0 aliphatic carbocycles. The zero-order valence-corrected chi connectivity index (χ0v) is 15.2. The Kier molecular flexibility index (Phi) is 29.8. The summed E-state index contributed by atoms with van der Waals surface area (Å²) < 4.78 is 0. The summed E-state index contributed by atoms with van der Waals surface area (Å²) in [5.74, 6) is 0. The Morgan fingerprint density at radius 2 is 0.632 bits per heavy atom. The van der Waals surface area contributed by atoms with E-state index in [1.54, 1.807) is 0 Å². The molecule has 19 heavy (non-hydrogen) atoms. The summed E-state index contributed by atoms with van der Waals surface area (Å²) in [5, 5.41) is 0. The van der Waals surface area contributed by atoms with Crippen molar-refractivity contribution in [1.29, 1.82) is 0 Å². The highest BCUT2D eigenvalue weighted by Gasteiger charge is 1.91. The molecule has 0 N–H and O–H groups in total. The third kappa shape index (κ3) is 38.1. The van der Waals surface area contributed by atoms with Crippen LogP contribution in [0.2, 0.25) is 0 Å². The largest absolute Gasteiger partial charge is 0.312 e. The normalized spacial score (nSPS) is 9.79. The number of rotatable bonds is 11. The van der Waals surface area contributed by atoms with E-state index < -0.39 is 0 Å². The van der Waals surface area contributed by atoms with Crippen molar-refractivity contribution >= 4 is 12.4 Å². The zero-order valence-electron chi connectivity index (χ0n) is 14.3. The molecule has 0 saturated carbocycles. The minimum Gasteiger partial charge on any atom is -0.312 e. The predicted octanol–water partition coefficient (Wildman–Crippen LogP) is 6.31. The van der Waals surface area contributed by atoms with Gasteiger partial charge in [-0.05, 0) is 21.1 Å². The van der Waals surface area contributed by atoms with E-state index in [1.807, 2.05) is 26.0 Å². The first-order chi connectivity index (χ1) is 8.65. The second-order valence-corrected chi connectivity index (χ2v) is 5.88. The van der Waals surface area contributed by atoms with Crippen molar-refractivity contribution in [3.63, 3.8) is 0 Å². The molecule has 0 saturated heterocycles. The first-order valence-corrected chi connectivity index (χ1v) is 8.26. The van der Waals surface area contributed by atoms with Gasteiger partial charge in [0.2, 0.25) is 0 Å². The van der Waals surface area contributed by atoms with Gasteiger partial charge in [-0.15, -0.1) is 12.4 Å². The highest BCUT2D eigenvalue weighted by Crippen LogP contribution is 2.11. The molecule has 120 valence electrons. The van der Waals surface area contributed by atoms with Crippen LogP contribution >= 0.6 is 12.4 Å². The van der Waals surface area contributed by atoms with E-state index >= 15 is 0 Å². The van der Waals surface area contributed by atoms with Crippen molar-refractivity contribution < 1.29 is 0 Å². The second-order valence-electron chi connectivity index (χ2n) is 5.88. The molecule has 0 heterocycles. The van der Waals surface area contributed by atoms with Crippen molar-refractivity contribution in [2.45, 2.75) is 90.9 Å². The average Bonchev–Trinajstić information content (AvgIpc) is 2.31. The maximum Gasteiger partial charge on any atom is -0.0140 e. The number of hydrogen-bond acceptors (Lipinski definition) is 1. The highest BCUT2D eigenvalue weighted by molar-refractivity contribution is 5.85. The van der Waals surface area contributed by atoms with Gasteiger partial charge in [-0.1, -0.05) is 90.9 Å². The number of nitrogens with zero attached hydrogens (tertiary/aromatic N) is 1. The Labute approximate surface area is 129 Å². The van der Waals surface area contributed by atoms with Crippen molar-refractivity contribution in [3.8, 4) is 0 Å². The summed E-state index contributed by atoms with van der Waals surface area (Å²) in [6, 6.07) is 0. The van der Waals surface area contributed by atoms with Crippen molar-refractivity contribution in [1.82, 2.24) is 4.90 Å². The molecule has 0 aliphatic rings. The summed E-state index contributed by atoms with van der Waals surface area (Å²) >= 11 is 0. The second kappa shape index (κ2) is 23.4. The van der Waals surface area contributed by atoms with E-state index in [4.69, 9.17) is 0 Å². The zero-order chi connectivity index (χ0) is 14.1. The van der Waals surface area contributed by atoms with E-state index in [0.717, 1.165) is 0 Å². The molecule has 0 fully saturated rings. The summed E-state index contributed by atoms with van der Waals surface area (Å²) in [4.78, 5) is 2.00. The molecule has 0 radical (unpaired) electrons. The van der Waals surface area contributed by atoms with Crippen LogP contribution in [-0.2, 0) is 0 Å². The summed E-state index contributed by atoms with van der Waals surface area (Å²) in [7, 11) is 6.00. The molecule has 2 heteroatoms. The standard InChI is InChI=1S/C14H30.C3H9N.ClH/c1-3-5-7-9-11-13-14-12-10-8-6-4-2;1-4(2)3;/h3-14H2,1-2H3;1-3H3;1H. The Morgan fingerprint density at radius 3 is 0.789 bits per heavy atom. The lowest BCUT2D eigenvalue weighted by atomic mass is 10.1. The van der Waals surface area contributed by atoms with Crippen molar-refractivity contribution in [3.05, 3.63) is 0 Å². The molecule has 0 aromatic rings. The van der Waals surface area contributed by atoms with Gasteiger partial charge < -0.3 is 4.90 Å². The molecule has 0 aromatic heterocycles. The van der Waals surface area contributed by atoms with Crippen molar-refractivity contribution in [2.75, 3.05) is 21.1 Å². The molecule has 0 aromatic carbocycles. The van der Waals surface area contributed by atoms with Crippen LogP contribution < -0.4 is 0 Å². The molecule has 0 amide bonds. The molecule has 0 atom stereocenters. The van der Waals surface area contributed by atoms with Gasteiger partial charge in [0.15, 0.2) is 0 Å². The maximum atomic E-state index is 2.29. The van der Waals surface area contributed by atoms with Crippen LogP contribution in [0.1, 0.15) is 90.9 Å². The van der Waals surface area contributed by atoms with E-state index in [2.05, 4.69) is 13.8 Å². The predicted molar refractivity (Wildman–Crippen MR) is 93.6 cm³/mol. The molecular formula is C17H40ClN. The van der Waals surface area contributed by atoms with Gasteiger partial charge in [0.05, 0.1) is 0 Å². The fourth-order valence-corrected chi connectivity index (χ4v) is 1.91. The van der Waals surface area contributed by atoms with Crippen LogP contribution in [0.5, 0.6) is 0 Å². The van der Waals surface area contributed by atoms with Crippen LogP contribution in [0, 0.1) is 0 Å². The van der Waals surface area contributed by atoms with Crippen molar-refractivity contribution in [2.24, 2.45) is 0 Å². The monoisotopic (exact) mass is 293 g/mol. The van der Waals surface area contributed by atoms with Gasteiger partial charge in [-0.2, -0.15) is 0 Å². The third-order valence-corrected chi connectivity index (χ3v) is 2.96. The Morgan fingerprint density at radius 1 is 0.474 bits per heavy atom. The maximum absolute atomic E-state index is 2.29. The van der Waals surface area contributed by atoms with Crippen LogP contribution in [0.3, 0.4) is 0 Å². The van der Waals surface area contributed by atoms with Gasteiger partial charge in [-0.3, -0.25) is 0 Å². The molecule has 0 bridgehead atoms. The minimum atomic E-state index is 0. The van der Waals surface area contributed by atoms with E-state index in [-0.39, 0.29) is 12.4 Å². The summed E-state index contributed by atoms with van der Waals surface area (Å²) in [6.07, 6.45) is 17.4. The smallest absolute Gasteiger partial charge is 0.0140 e. The SMILES string of the molecule is CCCCCCCCCCCCCC.CN(C)C.Cl. The van der Waals surface area contributed by atoms with Crippen LogP contribution in [0.15, 0.2) is 0 Å². The van der Waals surface area contributed by atoms with E-state index in [1.165, 1.54) is 77.0 Å². The Hall–Kier alpha value is 0.250. The first-order valence-electron chi connectivity index (χ1n) is 8.26. The quantitative estimate of drug-likeness (QED) is 0.404. The number of hydrogen-bond donors (Lipinski definition) is 0. The minimum absolute atomic E-state index is 0. The number of unbranched alkanes of at least 4 members (excludes halogenated alkanes) is 11. The van der Waals surface area contributed by atoms with Crippen LogP contribution in [-0.4, -0.2) is 26.0 Å². The molecule has 1 nitrogen and oxygen atoms in total. The topological polar surface area (TPSA) is 3.24 Å². The molecule has 0 unspecified atom stereocenters. The van der Waals surface area contributed by atoms with Crippen LogP contribution in [0.25, 0.3) is 0 Å². The van der Waals surface area contributed by atoms with Gasteiger partial charge >= 0.3 is 0 Å². The third-order valence-electron chi connectivity index (χ3n) is 2.96. The van der Waals surface area contributed by atoms with Gasteiger partial charge in [0, 0.05) is 0 Å². The molecule has 0 spiro atoms. The van der Waals surface area contributed by atoms with Gasteiger partial charge in [0.25, 0.3) is 0 Å². The fraction of sp³-hybridized carbons (Fsp3) is 1.00. The molecular weight excluding hydrogens is 254 g/mol. The Balaban J connectivity index is -0.000000448. The molecule has 0 rings (SSSR count). The van der Waals surface area contributed by atoms with Crippen LogP contribution in [0.4, 0.5) is 0 Å². The van der Waals surface area contributed by atoms with Gasteiger partial charge in [0.1, 0.15) is 0 Å². The fourth-order valence-electron chi connectivity index (χ4n) is 1.91. The average molecular weight is 294 g/mol. The highest BCUT2D eigenvalue weighted by atomic mass is 35.5. The lowest BCUT2D eigenvalue weighted by Crippen LogP contribution is -1.99. The van der Waals surface area contributed by atoms with E-state index in [9.17, 15) is 0 Å². The van der Waals surface area contributed by atoms with E-state index in [0.29, 0.717) is 0 Å². The summed E-state index contributed by atoms with van der Waals surface area (Å²) in [5.41, 5.74) is 0. The lowest BCUT2D eigenvalue weighted by molar-refractivity contribution is 0.505. The van der Waals surface area contributed by atoms with Gasteiger partial charge in [-0.25, -0.2) is 0 Å². The summed E-state index contributed by atoms with van der Waals surface area (Å²) in [6.45, 7) is 4.57.